The molecule has 18 heavy (non-hydrogen) atoms. The van der Waals surface area contributed by atoms with Crippen molar-refractivity contribution in [2.24, 2.45) is 0 Å². The minimum Gasteiger partial charge on any atom is -0.490 e. The van der Waals surface area contributed by atoms with E-state index in [2.05, 4.69) is 15.9 Å². The standard InChI is InChI=1S/C13H13BrO4/c14-10-8(13(4-5-13)12(15)16)2-3-9-11(10)18-7-1-6-17-9/h2-3H,1,4-7H2,(H,15,16). The van der Waals surface area contributed by atoms with Gasteiger partial charge in [0.1, 0.15) is 0 Å². The lowest BCUT2D eigenvalue weighted by Gasteiger charge is -2.17. The Morgan fingerprint density at radius 2 is 2.00 bits per heavy atom. The van der Waals surface area contributed by atoms with Gasteiger partial charge in [0.05, 0.1) is 23.1 Å². The Morgan fingerprint density at radius 1 is 1.28 bits per heavy atom. The van der Waals surface area contributed by atoms with Crippen molar-refractivity contribution in [2.75, 3.05) is 13.2 Å². The van der Waals surface area contributed by atoms with Gasteiger partial charge in [-0.1, -0.05) is 6.07 Å². The number of rotatable bonds is 2. The number of carboxylic acid groups (broad SMARTS) is 1. The molecule has 1 aromatic carbocycles. The molecule has 0 aromatic heterocycles. The van der Waals surface area contributed by atoms with Gasteiger partial charge in [-0.25, -0.2) is 0 Å². The maximum absolute atomic E-state index is 11.4. The summed E-state index contributed by atoms with van der Waals surface area (Å²) in [6, 6.07) is 3.64. The van der Waals surface area contributed by atoms with Crippen LogP contribution in [0.2, 0.25) is 0 Å². The predicted octanol–water partition coefficient (Wildman–Crippen LogP) is 2.73. The third-order valence-corrected chi connectivity index (χ3v) is 4.32. The molecule has 0 bridgehead atoms. The third kappa shape index (κ3) is 1.68. The molecule has 1 aliphatic carbocycles. The number of hydrogen-bond acceptors (Lipinski definition) is 3. The summed E-state index contributed by atoms with van der Waals surface area (Å²) >= 11 is 3.48. The van der Waals surface area contributed by atoms with Crippen LogP contribution in [-0.2, 0) is 10.2 Å². The van der Waals surface area contributed by atoms with Crippen LogP contribution in [0.3, 0.4) is 0 Å². The van der Waals surface area contributed by atoms with Crippen LogP contribution in [0.25, 0.3) is 0 Å². The highest BCUT2D eigenvalue weighted by Gasteiger charge is 2.53. The van der Waals surface area contributed by atoms with Crippen molar-refractivity contribution in [1.82, 2.24) is 0 Å². The highest BCUT2D eigenvalue weighted by molar-refractivity contribution is 9.10. The largest absolute Gasteiger partial charge is 0.490 e. The Labute approximate surface area is 113 Å². The molecule has 3 rings (SSSR count). The summed E-state index contributed by atoms with van der Waals surface area (Å²) < 4.78 is 12.0. The Morgan fingerprint density at radius 3 is 2.67 bits per heavy atom. The summed E-state index contributed by atoms with van der Waals surface area (Å²) in [7, 11) is 0. The first-order valence-corrected chi connectivity index (χ1v) is 6.76. The van der Waals surface area contributed by atoms with Crippen molar-refractivity contribution in [3.05, 3.63) is 22.2 Å². The second-order valence-corrected chi connectivity index (χ2v) is 5.49. The van der Waals surface area contributed by atoms with E-state index in [0.717, 1.165) is 16.5 Å². The summed E-state index contributed by atoms with van der Waals surface area (Å²) in [5, 5.41) is 9.35. The predicted molar refractivity (Wildman–Crippen MR) is 68.3 cm³/mol. The number of carbonyl (C=O) groups is 1. The molecule has 0 amide bonds. The van der Waals surface area contributed by atoms with E-state index < -0.39 is 11.4 Å². The first kappa shape index (κ1) is 11.8. The van der Waals surface area contributed by atoms with Gasteiger partial charge in [0.15, 0.2) is 11.5 Å². The molecule has 1 N–H and O–H groups in total. The number of aliphatic carboxylic acids is 1. The zero-order chi connectivity index (χ0) is 12.8. The monoisotopic (exact) mass is 312 g/mol. The molecule has 1 saturated carbocycles. The number of hydrogen-bond donors (Lipinski definition) is 1. The van der Waals surface area contributed by atoms with Gasteiger partial charge in [0.25, 0.3) is 0 Å². The van der Waals surface area contributed by atoms with Crippen LogP contribution in [0, 0.1) is 0 Å². The van der Waals surface area contributed by atoms with Gasteiger partial charge in [-0.05, 0) is 40.4 Å². The molecular weight excluding hydrogens is 300 g/mol. The SMILES string of the molecule is O=C(O)C1(c2ccc3c(c2Br)OCCCO3)CC1. The van der Waals surface area contributed by atoms with E-state index in [0.29, 0.717) is 37.6 Å². The zero-order valence-corrected chi connectivity index (χ0v) is 11.3. The topological polar surface area (TPSA) is 55.8 Å². The molecule has 5 heteroatoms. The van der Waals surface area contributed by atoms with Crippen LogP contribution < -0.4 is 9.47 Å². The number of fused-ring (bicyclic) bond motifs is 1. The number of carboxylic acids is 1. The van der Waals surface area contributed by atoms with E-state index in [1.54, 1.807) is 0 Å². The number of ether oxygens (including phenoxy) is 2. The molecule has 0 atom stereocenters. The van der Waals surface area contributed by atoms with Crippen molar-refractivity contribution < 1.29 is 19.4 Å². The van der Waals surface area contributed by atoms with Gasteiger partial charge >= 0.3 is 5.97 Å². The van der Waals surface area contributed by atoms with E-state index in [1.807, 2.05) is 12.1 Å². The molecule has 0 saturated heterocycles. The first-order valence-electron chi connectivity index (χ1n) is 5.97. The van der Waals surface area contributed by atoms with Crippen LogP contribution in [0.1, 0.15) is 24.8 Å². The Kier molecular flexibility index (Phi) is 2.73. The Hall–Kier alpha value is -1.23. The second-order valence-electron chi connectivity index (χ2n) is 4.69. The van der Waals surface area contributed by atoms with Crippen molar-refractivity contribution in [3.8, 4) is 11.5 Å². The van der Waals surface area contributed by atoms with Crippen molar-refractivity contribution in [2.45, 2.75) is 24.7 Å². The fraction of sp³-hybridized carbons (Fsp3) is 0.462. The van der Waals surface area contributed by atoms with E-state index >= 15 is 0 Å². The maximum Gasteiger partial charge on any atom is 0.314 e. The highest BCUT2D eigenvalue weighted by atomic mass is 79.9. The normalized spacial score (nSPS) is 20.1. The molecule has 1 fully saturated rings. The quantitative estimate of drug-likeness (QED) is 0.912. The van der Waals surface area contributed by atoms with Gasteiger partial charge in [-0.3, -0.25) is 4.79 Å². The van der Waals surface area contributed by atoms with Crippen LogP contribution in [0.5, 0.6) is 11.5 Å². The van der Waals surface area contributed by atoms with Gasteiger partial charge in [-0.2, -0.15) is 0 Å². The third-order valence-electron chi connectivity index (χ3n) is 3.53. The minimum absolute atomic E-state index is 0.592. The van der Waals surface area contributed by atoms with Gasteiger partial charge in [0.2, 0.25) is 0 Å². The first-order chi connectivity index (χ1) is 8.65. The lowest BCUT2D eigenvalue weighted by Crippen LogP contribution is -2.20. The molecule has 0 unspecified atom stereocenters. The summed E-state index contributed by atoms with van der Waals surface area (Å²) in [5.74, 6) is 0.555. The Balaban J connectivity index is 2.08. The van der Waals surface area contributed by atoms with E-state index in [9.17, 15) is 9.90 Å². The van der Waals surface area contributed by atoms with E-state index in [1.165, 1.54) is 0 Å². The van der Waals surface area contributed by atoms with E-state index in [4.69, 9.17) is 9.47 Å². The highest BCUT2D eigenvalue weighted by Crippen LogP contribution is 2.54. The molecule has 0 radical (unpaired) electrons. The molecule has 0 spiro atoms. The molecule has 4 nitrogen and oxygen atoms in total. The Bertz CT molecular complexity index is 508. The van der Waals surface area contributed by atoms with Crippen LogP contribution in [-0.4, -0.2) is 24.3 Å². The van der Waals surface area contributed by atoms with Gasteiger partial charge < -0.3 is 14.6 Å². The van der Waals surface area contributed by atoms with Crippen LogP contribution >= 0.6 is 15.9 Å². The molecule has 1 aromatic rings. The second kappa shape index (κ2) is 4.16. The number of benzene rings is 1. The number of halogens is 1. The van der Waals surface area contributed by atoms with Gasteiger partial charge in [0, 0.05) is 6.42 Å². The van der Waals surface area contributed by atoms with Crippen molar-refractivity contribution in [3.63, 3.8) is 0 Å². The fourth-order valence-electron chi connectivity index (χ4n) is 2.29. The minimum atomic E-state index is -0.766. The van der Waals surface area contributed by atoms with Crippen LogP contribution in [0.4, 0.5) is 0 Å². The fourth-order valence-corrected chi connectivity index (χ4v) is 3.12. The molecular formula is C13H13BrO4. The summed E-state index contributed by atoms with van der Waals surface area (Å²) in [4.78, 5) is 11.4. The molecule has 1 heterocycles. The maximum atomic E-state index is 11.4. The average Bonchev–Trinajstić information content (AvgIpc) is 3.13. The lowest BCUT2D eigenvalue weighted by molar-refractivity contribution is -0.140. The lowest BCUT2D eigenvalue weighted by atomic mass is 9.96. The summed E-state index contributed by atoms with van der Waals surface area (Å²) in [5.41, 5.74) is 0.0584. The molecule has 2 aliphatic rings. The van der Waals surface area contributed by atoms with Crippen LogP contribution in [0.15, 0.2) is 16.6 Å². The smallest absolute Gasteiger partial charge is 0.314 e. The van der Waals surface area contributed by atoms with Gasteiger partial charge in [-0.15, -0.1) is 0 Å². The molecule has 96 valence electrons. The summed E-state index contributed by atoms with van der Waals surface area (Å²) in [6.45, 7) is 1.22. The molecule has 1 aliphatic heterocycles. The average molecular weight is 313 g/mol. The van der Waals surface area contributed by atoms with E-state index in [-0.39, 0.29) is 0 Å². The van der Waals surface area contributed by atoms with Crippen molar-refractivity contribution in [1.29, 1.82) is 0 Å². The zero-order valence-electron chi connectivity index (χ0n) is 9.74. The summed E-state index contributed by atoms with van der Waals surface area (Å²) in [6.07, 6.45) is 2.20. The van der Waals surface area contributed by atoms with Crippen molar-refractivity contribution >= 4 is 21.9 Å².